The van der Waals surface area contributed by atoms with Crippen molar-refractivity contribution in [2.24, 2.45) is 0 Å². The quantitative estimate of drug-likeness (QED) is 0.864. The van der Waals surface area contributed by atoms with E-state index in [2.05, 4.69) is 15.5 Å². The summed E-state index contributed by atoms with van der Waals surface area (Å²) in [5.74, 6) is -1.07. The first-order chi connectivity index (χ1) is 8.68. The molecule has 1 aromatic carbocycles. The maximum atomic E-state index is 13.5. The summed E-state index contributed by atoms with van der Waals surface area (Å²) in [7, 11) is 0. The third-order valence-electron chi connectivity index (χ3n) is 2.86. The van der Waals surface area contributed by atoms with Crippen molar-refractivity contribution in [3.05, 3.63) is 34.6 Å². The molecule has 1 aliphatic rings. The first kappa shape index (κ1) is 13.3. The molecule has 2 rings (SSSR count). The second-order valence-corrected chi connectivity index (χ2v) is 4.54. The molecule has 1 fully saturated rings. The van der Waals surface area contributed by atoms with Gasteiger partial charge in [-0.3, -0.25) is 9.69 Å². The molecule has 0 atom stereocenters. The van der Waals surface area contributed by atoms with E-state index in [9.17, 15) is 9.18 Å². The minimum Gasteiger partial charge on any atom is -0.339 e. The molecule has 4 nitrogen and oxygen atoms in total. The molecule has 1 heterocycles. The first-order valence-electron chi connectivity index (χ1n) is 5.84. The summed E-state index contributed by atoms with van der Waals surface area (Å²) < 4.78 is 13.5. The van der Waals surface area contributed by atoms with E-state index < -0.39 is 11.7 Å². The lowest BCUT2D eigenvalue weighted by Gasteiger charge is -2.27. The number of rotatable bonds is 3. The molecule has 2 N–H and O–H groups in total. The highest BCUT2D eigenvalue weighted by molar-refractivity contribution is 6.33. The molecule has 0 radical (unpaired) electrons. The van der Waals surface area contributed by atoms with E-state index in [1.165, 1.54) is 18.2 Å². The number of nitrogens with zero attached hydrogens (tertiary/aromatic N) is 1. The van der Waals surface area contributed by atoms with Crippen molar-refractivity contribution in [3.63, 3.8) is 0 Å². The Balaban J connectivity index is 1.95. The summed E-state index contributed by atoms with van der Waals surface area (Å²) >= 11 is 5.82. The van der Waals surface area contributed by atoms with E-state index in [0.717, 1.165) is 26.2 Å². The molecule has 1 aromatic rings. The first-order valence-corrected chi connectivity index (χ1v) is 6.21. The lowest BCUT2D eigenvalue weighted by molar-refractivity contribution is 0.0913. The van der Waals surface area contributed by atoms with E-state index in [1.54, 1.807) is 0 Å². The van der Waals surface area contributed by atoms with E-state index >= 15 is 0 Å². The zero-order chi connectivity index (χ0) is 13.0. The van der Waals surface area contributed by atoms with Gasteiger partial charge in [0.25, 0.3) is 5.91 Å². The maximum Gasteiger partial charge on any atom is 0.256 e. The summed E-state index contributed by atoms with van der Waals surface area (Å²) in [6.07, 6.45) is 0. The number of carbonyl (C=O) groups excluding carboxylic acids is 1. The van der Waals surface area contributed by atoms with Crippen molar-refractivity contribution in [1.29, 1.82) is 0 Å². The number of hydrogen-bond donors (Lipinski definition) is 2. The molecular formula is C12H15ClFN3O. The van der Waals surface area contributed by atoms with Crippen LogP contribution in [0.1, 0.15) is 10.4 Å². The topological polar surface area (TPSA) is 44.4 Å². The number of nitrogens with one attached hydrogen (secondary N) is 2. The van der Waals surface area contributed by atoms with Gasteiger partial charge >= 0.3 is 0 Å². The standard InChI is InChI=1S/C12H15ClFN3O/c13-9-2-1-3-10(14)11(9)12(18)16-8-17-6-4-15-5-7-17/h1-3,15H,4-8H2,(H,16,18). The SMILES string of the molecule is O=C(NCN1CCNCC1)c1c(F)cccc1Cl. The predicted molar refractivity (Wildman–Crippen MR) is 68.2 cm³/mol. The highest BCUT2D eigenvalue weighted by Crippen LogP contribution is 2.18. The van der Waals surface area contributed by atoms with Crippen LogP contribution in [0.3, 0.4) is 0 Å². The Hall–Kier alpha value is -1.17. The fraction of sp³-hybridized carbons (Fsp3) is 0.417. The van der Waals surface area contributed by atoms with Gasteiger partial charge in [-0.25, -0.2) is 4.39 Å². The Labute approximate surface area is 110 Å². The van der Waals surface area contributed by atoms with Crippen LogP contribution in [0.15, 0.2) is 18.2 Å². The summed E-state index contributed by atoms with van der Waals surface area (Å²) in [5, 5.41) is 6.03. The van der Waals surface area contributed by atoms with E-state index in [1.807, 2.05) is 0 Å². The summed E-state index contributed by atoms with van der Waals surface area (Å²) in [6, 6.07) is 4.21. The fourth-order valence-corrected chi connectivity index (χ4v) is 2.10. The molecule has 0 bridgehead atoms. The summed E-state index contributed by atoms with van der Waals surface area (Å²) in [4.78, 5) is 13.9. The summed E-state index contributed by atoms with van der Waals surface area (Å²) in [6.45, 7) is 3.94. The van der Waals surface area contributed by atoms with Gasteiger partial charge < -0.3 is 10.6 Å². The number of halogens is 2. The van der Waals surface area contributed by atoms with Crippen LogP contribution in [0.25, 0.3) is 0 Å². The highest BCUT2D eigenvalue weighted by atomic mass is 35.5. The molecule has 1 saturated heterocycles. The van der Waals surface area contributed by atoms with Crippen molar-refractivity contribution >= 4 is 17.5 Å². The average Bonchev–Trinajstić information content (AvgIpc) is 2.37. The predicted octanol–water partition coefficient (Wildman–Crippen LogP) is 1.07. The molecule has 18 heavy (non-hydrogen) atoms. The van der Waals surface area contributed by atoms with Crippen LogP contribution >= 0.6 is 11.6 Å². The minimum atomic E-state index is -0.597. The van der Waals surface area contributed by atoms with Crippen LogP contribution in [-0.2, 0) is 0 Å². The molecule has 6 heteroatoms. The number of carbonyl (C=O) groups is 1. The van der Waals surface area contributed by atoms with Crippen LogP contribution in [0.2, 0.25) is 5.02 Å². The zero-order valence-corrected chi connectivity index (χ0v) is 10.6. The molecule has 0 spiro atoms. The highest BCUT2D eigenvalue weighted by Gasteiger charge is 2.17. The smallest absolute Gasteiger partial charge is 0.256 e. The second-order valence-electron chi connectivity index (χ2n) is 4.13. The number of amides is 1. The Bertz CT molecular complexity index is 415. The van der Waals surface area contributed by atoms with Crippen molar-refractivity contribution in [2.75, 3.05) is 32.8 Å². The maximum absolute atomic E-state index is 13.5. The van der Waals surface area contributed by atoms with Gasteiger partial charge in [0.05, 0.1) is 17.3 Å². The van der Waals surface area contributed by atoms with Crippen molar-refractivity contribution < 1.29 is 9.18 Å². The van der Waals surface area contributed by atoms with Crippen molar-refractivity contribution in [1.82, 2.24) is 15.5 Å². The van der Waals surface area contributed by atoms with Gasteiger partial charge in [0.1, 0.15) is 5.82 Å². The molecule has 1 aliphatic heterocycles. The molecule has 98 valence electrons. The van der Waals surface area contributed by atoms with Crippen molar-refractivity contribution in [2.45, 2.75) is 0 Å². The monoisotopic (exact) mass is 271 g/mol. The Morgan fingerprint density at radius 1 is 1.44 bits per heavy atom. The minimum absolute atomic E-state index is 0.0886. The zero-order valence-electron chi connectivity index (χ0n) is 9.88. The van der Waals surface area contributed by atoms with Gasteiger partial charge in [0.2, 0.25) is 0 Å². The Morgan fingerprint density at radius 3 is 2.83 bits per heavy atom. The number of hydrogen-bond acceptors (Lipinski definition) is 3. The van der Waals surface area contributed by atoms with Gasteiger partial charge in [-0.1, -0.05) is 17.7 Å². The van der Waals surface area contributed by atoms with Crippen LogP contribution in [0, 0.1) is 5.82 Å². The van der Waals surface area contributed by atoms with Gasteiger partial charge in [0.15, 0.2) is 0 Å². The largest absolute Gasteiger partial charge is 0.339 e. The van der Waals surface area contributed by atoms with Gasteiger partial charge in [-0.15, -0.1) is 0 Å². The van der Waals surface area contributed by atoms with E-state index in [-0.39, 0.29) is 10.6 Å². The lowest BCUT2D eigenvalue weighted by Crippen LogP contribution is -2.48. The number of piperazine rings is 1. The Morgan fingerprint density at radius 2 is 2.17 bits per heavy atom. The fourth-order valence-electron chi connectivity index (χ4n) is 1.86. The second kappa shape index (κ2) is 6.13. The summed E-state index contributed by atoms with van der Waals surface area (Å²) in [5.41, 5.74) is -0.0886. The molecule has 0 aliphatic carbocycles. The number of benzene rings is 1. The molecular weight excluding hydrogens is 257 g/mol. The van der Waals surface area contributed by atoms with Gasteiger partial charge in [0, 0.05) is 26.2 Å². The third kappa shape index (κ3) is 3.19. The van der Waals surface area contributed by atoms with Gasteiger partial charge in [-0.05, 0) is 12.1 Å². The molecule has 0 unspecified atom stereocenters. The van der Waals surface area contributed by atoms with Gasteiger partial charge in [-0.2, -0.15) is 0 Å². The Kier molecular flexibility index (Phi) is 4.52. The van der Waals surface area contributed by atoms with Crippen molar-refractivity contribution in [3.8, 4) is 0 Å². The average molecular weight is 272 g/mol. The molecule has 0 aromatic heterocycles. The van der Waals surface area contributed by atoms with E-state index in [0.29, 0.717) is 6.67 Å². The lowest BCUT2D eigenvalue weighted by atomic mass is 10.2. The van der Waals surface area contributed by atoms with Crippen LogP contribution in [0.4, 0.5) is 4.39 Å². The van der Waals surface area contributed by atoms with E-state index in [4.69, 9.17) is 11.6 Å². The van der Waals surface area contributed by atoms with Crippen LogP contribution < -0.4 is 10.6 Å². The molecule has 0 saturated carbocycles. The normalized spacial score (nSPS) is 16.6. The van der Waals surface area contributed by atoms with Crippen LogP contribution in [-0.4, -0.2) is 43.7 Å². The van der Waals surface area contributed by atoms with Crippen LogP contribution in [0.5, 0.6) is 0 Å². The third-order valence-corrected chi connectivity index (χ3v) is 3.18. The molecule has 1 amide bonds.